The molecule has 0 unspecified atom stereocenters. The molecule has 5 heterocycles. The Morgan fingerprint density at radius 3 is 2.10 bits per heavy atom. The summed E-state index contributed by atoms with van der Waals surface area (Å²) in [4.78, 5) is 16.4. The van der Waals surface area contributed by atoms with Crippen molar-refractivity contribution in [2.75, 3.05) is 0 Å². The molecule has 140 valence electrons. The van der Waals surface area contributed by atoms with Gasteiger partial charge >= 0.3 is 184 Å². The molecule has 30 heavy (non-hydrogen) atoms. The predicted molar refractivity (Wildman–Crippen MR) is 122 cm³/mol. The van der Waals surface area contributed by atoms with Crippen LogP contribution >= 0.6 is 0 Å². The summed E-state index contributed by atoms with van der Waals surface area (Å²) in [6, 6.07) is 14.6. The van der Waals surface area contributed by atoms with Crippen molar-refractivity contribution < 1.29 is 17.9 Å². The topological polar surface area (TPSA) is 57.4 Å². The number of nitrogens with one attached hydrogen (secondary N) is 2. The number of hydrogen-bond donors (Lipinski definition) is 2. The molecule has 0 saturated heterocycles. The molecule has 0 spiro atoms. The molecule has 0 atom stereocenters. The number of aromatic nitrogens is 4. The van der Waals surface area contributed by atoms with E-state index in [1.165, 1.54) is 9.67 Å². The van der Waals surface area contributed by atoms with Crippen LogP contribution < -0.4 is 0 Å². The molecule has 5 heteroatoms. The zero-order chi connectivity index (χ0) is 20.5. The fraction of sp³-hybridized carbons (Fsp3) is 0. The van der Waals surface area contributed by atoms with E-state index in [-0.39, 0.29) is 0 Å². The third-order valence-corrected chi connectivity index (χ3v) is 6.24. The molecule has 2 N–H and O–H groups in total. The summed E-state index contributed by atoms with van der Waals surface area (Å²) in [5.74, 6) is 0. The van der Waals surface area contributed by atoms with Crippen molar-refractivity contribution in [3.05, 3.63) is 95.6 Å². The maximum atomic E-state index is 4.75. The molecule has 0 fully saturated rings. The molecule has 5 rings (SSSR count). The van der Waals surface area contributed by atoms with Crippen LogP contribution in [0.3, 0.4) is 0 Å². The van der Waals surface area contributed by atoms with Gasteiger partial charge < -0.3 is 0 Å². The van der Waals surface area contributed by atoms with E-state index in [0.717, 1.165) is 62.7 Å². The average Bonchev–Trinajstić information content (AvgIpc) is 3.51. The fourth-order valence-corrected chi connectivity index (χ4v) is 4.46. The summed E-state index contributed by atoms with van der Waals surface area (Å²) in [6.07, 6.45) is 14.0. The van der Waals surface area contributed by atoms with Gasteiger partial charge in [0.05, 0.1) is 0 Å². The van der Waals surface area contributed by atoms with Crippen molar-refractivity contribution in [2.45, 2.75) is 0 Å². The standard InChI is InChI=1S/C25H18N4.Zn/c1-2-3-4-5-17-12-24-15-22-9-8-20(27-22)13-18-6-7-19(26-18)14-21-10-11-23(28-21)16-25(17)29-24;/h2-4,6-16,27,29H,1H2;/b4-3-,18-13?,19-14?,20-13?,21-14?,22-15?,23-16?,24-15?,25-16?;. The fourth-order valence-electron chi connectivity index (χ4n) is 3.56. The van der Waals surface area contributed by atoms with E-state index in [9.17, 15) is 0 Å². The van der Waals surface area contributed by atoms with Gasteiger partial charge in [-0.1, -0.05) is 0 Å². The molecular formula is C25H18N4Zn. The van der Waals surface area contributed by atoms with Crippen LogP contribution in [0.2, 0.25) is 0 Å². The molecule has 0 aliphatic carbocycles. The first-order valence-electron chi connectivity index (χ1n) is 9.73. The van der Waals surface area contributed by atoms with E-state index in [1.54, 1.807) is 6.08 Å². The van der Waals surface area contributed by atoms with Gasteiger partial charge in [0.15, 0.2) is 0 Å². The Labute approximate surface area is 183 Å². The van der Waals surface area contributed by atoms with Gasteiger partial charge in [-0.25, -0.2) is 0 Å². The minimum absolute atomic E-state index is 0.903. The van der Waals surface area contributed by atoms with Crippen LogP contribution in [0.5, 0.6) is 0 Å². The molecule has 3 aromatic rings. The number of allylic oxidation sites excluding steroid dienone is 3. The first kappa shape index (κ1) is 18.6. The maximum absolute atomic E-state index is 4.75. The van der Waals surface area contributed by atoms with Crippen molar-refractivity contribution in [1.82, 2.24) is 19.9 Å². The summed E-state index contributed by atoms with van der Waals surface area (Å²) in [7, 11) is 0. The third-order valence-electron chi connectivity index (χ3n) is 4.95. The van der Waals surface area contributed by atoms with Gasteiger partial charge in [-0.05, 0) is 0 Å². The number of nitrogens with zero attached hydrogens (tertiary/aromatic N) is 2. The second kappa shape index (κ2) is 7.77. The van der Waals surface area contributed by atoms with Gasteiger partial charge in [0.1, 0.15) is 0 Å². The quantitative estimate of drug-likeness (QED) is 0.289. The van der Waals surface area contributed by atoms with Gasteiger partial charge in [0.25, 0.3) is 0 Å². The zero-order valence-corrected chi connectivity index (χ0v) is 19.4. The Morgan fingerprint density at radius 2 is 1.40 bits per heavy atom. The average molecular weight is 440 g/mol. The number of hydrogen-bond acceptors (Lipinski definition) is 2. The van der Waals surface area contributed by atoms with Crippen molar-refractivity contribution in [2.24, 2.45) is 0 Å². The number of H-pyrrole nitrogens is 2. The summed E-state index contributed by atoms with van der Waals surface area (Å²) in [5, 5.41) is 0. The number of fused-ring (bicyclic) bond motifs is 8. The van der Waals surface area contributed by atoms with Crippen LogP contribution in [0.15, 0.2) is 67.3 Å². The van der Waals surface area contributed by atoms with Crippen LogP contribution in [0.25, 0.3) is 46.4 Å². The number of aromatic amines is 2. The van der Waals surface area contributed by atoms with Gasteiger partial charge in [-0.15, -0.1) is 0 Å². The van der Waals surface area contributed by atoms with Crippen LogP contribution in [0.1, 0.15) is 28.3 Å². The van der Waals surface area contributed by atoms with Crippen LogP contribution in [-0.4, -0.2) is 24.0 Å². The van der Waals surface area contributed by atoms with Crippen molar-refractivity contribution >= 4 is 50.5 Å². The van der Waals surface area contributed by atoms with E-state index in [1.807, 2.05) is 42.5 Å². The van der Waals surface area contributed by atoms with Gasteiger partial charge in [0, 0.05) is 0 Å². The van der Waals surface area contributed by atoms with E-state index >= 15 is 0 Å². The molecule has 2 aliphatic heterocycles. The van der Waals surface area contributed by atoms with E-state index < -0.39 is 0 Å². The van der Waals surface area contributed by atoms with Gasteiger partial charge in [-0.2, -0.15) is 0 Å². The predicted octanol–water partition coefficient (Wildman–Crippen LogP) is 5.47. The Bertz CT molecular complexity index is 1430. The molecule has 4 nitrogen and oxygen atoms in total. The van der Waals surface area contributed by atoms with Crippen molar-refractivity contribution in [3.63, 3.8) is 0 Å². The van der Waals surface area contributed by atoms with Crippen molar-refractivity contribution in [1.29, 1.82) is 0 Å². The monoisotopic (exact) mass is 438 g/mol. The van der Waals surface area contributed by atoms with Gasteiger partial charge in [-0.3, -0.25) is 0 Å². The van der Waals surface area contributed by atoms with E-state index in [4.69, 9.17) is 4.98 Å². The molecule has 0 amide bonds. The van der Waals surface area contributed by atoms with Crippen LogP contribution in [0, 0.1) is 0 Å². The van der Waals surface area contributed by atoms with Crippen LogP contribution in [-0.2, 0) is 17.9 Å². The molecule has 0 radical (unpaired) electrons. The first-order valence-corrected chi connectivity index (χ1v) is 11.2. The summed E-state index contributed by atoms with van der Waals surface area (Å²) in [6.45, 7) is 3.78. The molecule has 0 aromatic carbocycles. The first-order chi connectivity index (χ1) is 14.7. The Kier molecular flexibility index (Phi) is 4.82. The third kappa shape index (κ3) is 3.85. The second-order valence-electron chi connectivity index (χ2n) is 7.21. The molecule has 0 saturated carbocycles. The van der Waals surface area contributed by atoms with Gasteiger partial charge in [0.2, 0.25) is 0 Å². The normalized spacial score (nSPS) is 12.6. The minimum atomic E-state index is 0.903. The van der Waals surface area contributed by atoms with E-state index in [0.29, 0.717) is 0 Å². The van der Waals surface area contributed by atoms with Crippen LogP contribution in [0.4, 0.5) is 0 Å². The summed E-state index contributed by atoms with van der Waals surface area (Å²) in [5.41, 5.74) is 9.00. The Balaban J connectivity index is 1.81. The molecule has 3 aromatic heterocycles. The molecule has 2 aliphatic rings. The van der Waals surface area contributed by atoms with E-state index in [2.05, 4.69) is 57.9 Å². The van der Waals surface area contributed by atoms with Crippen molar-refractivity contribution in [3.8, 4) is 0 Å². The zero-order valence-electron chi connectivity index (χ0n) is 16.4. The summed E-state index contributed by atoms with van der Waals surface area (Å²) >= 11 is 1.04. The Morgan fingerprint density at radius 1 is 0.767 bits per heavy atom. The Hall–Kier alpha value is -3.43. The SMILES string of the molecule is C=C/C=C\[C](=[Zn])c1cc2cc3ccc(cc4nc(cc5nc(cc1[nH]2)C=C5)C=C4)[nH]3. The number of rotatable bonds is 3. The molecular weight excluding hydrogens is 422 g/mol. The summed E-state index contributed by atoms with van der Waals surface area (Å²) < 4.78 is 1.28. The second-order valence-corrected chi connectivity index (χ2v) is 8.81. The molecule has 8 bridgehead atoms.